The predicted octanol–water partition coefficient (Wildman–Crippen LogP) is 3.55. The molecule has 0 aromatic carbocycles. The van der Waals surface area contributed by atoms with Gasteiger partial charge in [0, 0.05) is 4.88 Å². The number of methoxy groups -OCH3 is 1. The number of anilines is 2. The maximum Gasteiger partial charge on any atom is 0.350 e. The summed E-state index contributed by atoms with van der Waals surface area (Å²) in [5, 5.41) is 7.94. The molecule has 0 fully saturated rings. The third-order valence-electron chi connectivity index (χ3n) is 2.23. The van der Waals surface area contributed by atoms with E-state index in [0.717, 1.165) is 9.88 Å². The van der Waals surface area contributed by atoms with Crippen molar-refractivity contribution in [3.8, 4) is 0 Å². The summed E-state index contributed by atoms with van der Waals surface area (Å²) in [7, 11) is 1.31. The minimum absolute atomic E-state index is 0.384. The Labute approximate surface area is 118 Å². The van der Waals surface area contributed by atoms with E-state index in [1.165, 1.54) is 29.8 Å². The van der Waals surface area contributed by atoms with Crippen LogP contribution in [0.5, 0.6) is 0 Å². The van der Waals surface area contributed by atoms with Gasteiger partial charge >= 0.3 is 12.0 Å². The van der Waals surface area contributed by atoms with Gasteiger partial charge in [0.25, 0.3) is 0 Å². The number of hydrogen-bond acceptors (Lipinski definition) is 5. The predicted molar refractivity (Wildman–Crippen MR) is 77.4 cm³/mol. The maximum absolute atomic E-state index is 11.8. The van der Waals surface area contributed by atoms with Crippen LogP contribution in [-0.2, 0) is 4.74 Å². The van der Waals surface area contributed by atoms with Gasteiger partial charge in [0.05, 0.1) is 17.8 Å². The molecule has 0 aliphatic carbocycles. The van der Waals surface area contributed by atoms with Gasteiger partial charge in [-0.05, 0) is 30.5 Å². The van der Waals surface area contributed by atoms with E-state index in [0.29, 0.717) is 10.6 Å². The van der Waals surface area contributed by atoms with Crippen molar-refractivity contribution in [2.24, 2.45) is 0 Å². The van der Waals surface area contributed by atoms with E-state index < -0.39 is 5.97 Å². The molecule has 100 valence electrons. The zero-order valence-electron chi connectivity index (χ0n) is 10.4. The van der Waals surface area contributed by atoms with E-state index in [4.69, 9.17) is 0 Å². The zero-order chi connectivity index (χ0) is 13.8. The third kappa shape index (κ3) is 3.33. The number of aryl methyl sites for hydroxylation is 1. The molecule has 7 heteroatoms. The molecule has 2 aromatic heterocycles. The van der Waals surface area contributed by atoms with Crippen molar-refractivity contribution in [1.29, 1.82) is 0 Å². The largest absolute Gasteiger partial charge is 0.465 e. The van der Waals surface area contributed by atoms with E-state index in [9.17, 15) is 9.59 Å². The molecule has 2 N–H and O–H groups in total. The van der Waals surface area contributed by atoms with Gasteiger partial charge in [-0.1, -0.05) is 0 Å². The number of rotatable bonds is 3. The lowest BCUT2D eigenvalue weighted by molar-refractivity contribution is 0.0607. The van der Waals surface area contributed by atoms with Crippen molar-refractivity contribution in [2.75, 3.05) is 17.7 Å². The van der Waals surface area contributed by atoms with E-state index in [-0.39, 0.29) is 6.03 Å². The van der Waals surface area contributed by atoms with Crippen molar-refractivity contribution < 1.29 is 14.3 Å². The maximum atomic E-state index is 11.8. The summed E-state index contributed by atoms with van der Waals surface area (Å²) < 4.78 is 4.68. The van der Waals surface area contributed by atoms with Crippen LogP contribution in [0.3, 0.4) is 0 Å². The Kier molecular flexibility index (Phi) is 4.18. The fourth-order valence-electron chi connectivity index (χ4n) is 1.47. The number of hydrogen-bond donors (Lipinski definition) is 2. The highest BCUT2D eigenvalue weighted by Gasteiger charge is 2.17. The molecule has 2 heterocycles. The fraction of sp³-hybridized carbons (Fsp3) is 0.167. The van der Waals surface area contributed by atoms with Crippen LogP contribution in [0.25, 0.3) is 0 Å². The fourth-order valence-corrected chi connectivity index (χ4v) is 2.96. The molecule has 5 nitrogen and oxygen atoms in total. The quantitative estimate of drug-likeness (QED) is 0.851. The standard InChI is InChI=1S/C12H12N2O3S2/c1-7-6-8(10(19-7)11(15)17-2)13-12(16)14-9-4-3-5-18-9/h3-6H,1-2H3,(H2,13,14,16). The molecule has 0 spiro atoms. The normalized spacial score (nSPS) is 10.0. The molecule has 0 aliphatic rings. The highest BCUT2D eigenvalue weighted by molar-refractivity contribution is 7.14. The second-order valence-corrected chi connectivity index (χ2v) is 5.85. The van der Waals surface area contributed by atoms with E-state index in [1.54, 1.807) is 12.1 Å². The Bertz CT molecular complexity index is 590. The van der Waals surface area contributed by atoms with Crippen LogP contribution < -0.4 is 10.6 Å². The summed E-state index contributed by atoms with van der Waals surface area (Å²) in [6.07, 6.45) is 0. The summed E-state index contributed by atoms with van der Waals surface area (Å²) in [6.45, 7) is 1.86. The number of carbonyl (C=O) groups is 2. The summed E-state index contributed by atoms with van der Waals surface area (Å²) in [5.74, 6) is -0.454. The molecule has 2 aromatic rings. The van der Waals surface area contributed by atoms with E-state index in [1.807, 2.05) is 18.4 Å². The first-order valence-electron chi connectivity index (χ1n) is 5.40. The Morgan fingerprint density at radius 1 is 1.32 bits per heavy atom. The van der Waals surface area contributed by atoms with Gasteiger partial charge in [0.2, 0.25) is 0 Å². The lowest BCUT2D eigenvalue weighted by Crippen LogP contribution is -2.19. The Balaban J connectivity index is 2.10. The summed E-state index contributed by atoms with van der Waals surface area (Å²) in [6, 6.07) is 5.00. The molecular weight excluding hydrogens is 284 g/mol. The molecule has 0 bridgehead atoms. The van der Waals surface area contributed by atoms with Crippen LogP contribution >= 0.6 is 22.7 Å². The second-order valence-electron chi connectivity index (χ2n) is 3.65. The van der Waals surface area contributed by atoms with Gasteiger partial charge < -0.3 is 10.1 Å². The minimum atomic E-state index is -0.454. The van der Waals surface area contributed by atoms with Crippen LogP contribution in [0.15, 0.2) is 23.6 Å². The highest BCUT2D eigenvalue weighted by atomic mass is 32.1. The first-order chi connectivity index (χ1) is 9.10. The van der Waals surface area contributed by atoms with Crippen molar-refractivity contribution in [3.63, 3.8) is 0 Å². The van der Waals surface area contributed by atoms with Crippen molar-refractivity contribution >= 4 is 45.4 Å². The van der Waals surface area contributed by atoms with Crippen LogP contribution in [0.2, 0.25) is 0 Å². The van der Waals surface area contributed by atoms with Crippen molar-refractivity contribution in [2.45, 2.75) is 6.92 Å². The first kappa shape index (κ1) is 13.6. The number of nitrogens with one attached hydrogen (secondary N) is 2. The molecule has 2 amide bonds. The van der Waals surface area contributed by atoms with Crippen molar-refractivity contribution in [1.82, 2.24) is 0 Å². The van der Waals surface area contributed by atoms with Gasteiger partial charge in [-0.3, -0.25) is 5.32 Å². The molecule has 0 saturated carbocycles. The van der Waals surface area contributed by atoms with E-state index in [2.05, 4.69) is 15.4 Å². The van der Waals surface area contributed by atoms with Gasteiger partial charge in [0.15, 0.2) is 0 Å². The minimum Gasteiger partial charge on any atom is -0.465 e. The zero-order valence-corrected chi connectivity index (χ0v) is 12.0. The van der Waals surface area contributed by atoms with Crippen LogP contribution in [0.4, 0.5) is 15.5 Å². The van der Waals surface area contributed by atoms with Crippen molar-refractivity contribution in [3.05, 3.63) is 33.3 Å². The molecule has 0 atom stereocenters. The lowest BCUT2D eigenvalue weighted by atomic mass is 10.3. The smallest absolute Gasteiger partial charge is 0.350 e. The average Bonchev–Trinajstić information content (AvgIpc) is 2.98. The van der Waals surface area contributed by atoms with Crippen LogP contribution in [0.1, 0.15) is 14.5 Å². The molecular formula is C12H12N2O3S2. The summed E-state index contributed by atoms with van der Waals surface area (Å²) in [4.78, 5) is 24.7. The SMILES string of the molecule is COC(=O)c1sc(C)cc1NC(=O)Nc1cccs1. The molecule has 0 aliphatic heterocycles. The van der Waals surface area contributed by atoms with Crippen LogP contribution in [0, 0.1) is 6.92 Å². The van der Waals surface area contributed by atoms with Gasteiger partial charge in [-0.15, -0.1) is 22.7 Å². The number of esters is 1. The monoisotopic (exact) mass is 296 g/mol. The van der Waals surface area contributed by atoms with Gasteiger partial charge in [-0.2, -0.15) is 0 Å². The Morgan fingerprint density at radius 2 is 2.11 bits per heavy atom. The lowest BCUT2D eigenvalue weighted by Gasteiger charge is -2.05. The molecule has 2 rings (SSSR count). The molecule has 0 unspecified atom stereocenters. The van der Waals surface area contributed by atoms with Crippen LogP contribution in [-0.4, -0.2) is 19.1 Å². The number of urea groups is 1. The number of thiophene rings is 2. The number of ether oxygens (including phenoxy) is 1. The van der Waals surface area contributed by atoms with Gasteiger partial charge in [-0.25, -0.2) is 9.59 Å². The second kappa shape index (κ2) is 5.85. The van der Waals surface area contributed by atoms with E-state index >= 15 is 0 Å². The highest BCUT2D eigenvalue weighted by Crippen LogP contribution is 2.27. The third-order valence-corrected chi connectivity index (χ3v) is 4.05. The average molecular weight is 296 g/mol. The molecule has 0 saturated heterocycles. The number of amides is 2. The Morgan fingerprint density at radius 3 is 2.74 bits per heavy atom. The van der Waals surface area contributed by atoms with Gasteiger partial charge in [0.1, 0.15) is 4.88 Å². The molecule has 19 heavy (non-hydrogen) atoms. The Hall–Kier alpha value is -1.86. The first-order valence-corrected chi connectivity index (χ1v) is 7.10. The number of carbonyl (C=O) groups excluding carboxylic acids is 2. The summed E-state index contributed by atoms with van der Waals surface area (Å²) >= 11 is 2.70. The summed E-state index contributed by atoms with van der Waals surface area (Å²) in [5.41, 5.74) is 0.461. The molecule has 0 radical (unpaired) electrons. The topological polar surface area (TPSA) is 67.4 Å².